The fourth-order valence-electron chi connectivity index (χ4n) is 1.80. The van der Waals surface area contributed by atoms with Gasteiger partial charge in [0.05, 0.1) is 0 Å². The predicted molar refractivity (Wildman–Crippen MR) is 72.9 cm³/mol. The Hall–Kier alpha value is -1.31. The number of rotatable bonds is 7. The number of ketones is 1. The second-order valence-electron chi connectivity index (χ2n) is 5.07. The summed E-state index contributed by atoms with van der Waals surface area (Å²) in [5.41, 5.74) is 7.58. The molecule has 0 aliphatic carbocycles. The highest BCUT2D eigenvalue weighted by Crippen LogP contribution is 2.11. The molecule has 1 rings (SSSR count). The Kier molecular flexibility index (Phi) is 5.75. The molecule has 0 bridgehead atoms. The van der Waals surface area contributed by atoms with Gasteiger partial charge in [-0.3, -0.25) is 4.79 Å². The van der Waals surface area contributed by atoms with E-state index >= 15 is 0 Å². The van der Waals surface area contributed by atoms with Gasteiger partial charge >= 0.3 is 0 Å². The summed E-state index contributed by atoms with van der Waals surface area (Å²) >= 11 is 0. The van der Waals surface area contributed by atoms with Gasteiger partial charge in [0, 0.05) is 18.5 Å². The number of aryl methyl sites for hydroxylation is 1. The van der Waals surface area contributed by atoms with Crippen LogP contribution in [0.3, 0.4) is 0 Å². The van der Waals surface area contributed by atoms with Crippen LogP contribution in [0.15, 0.2) is 24.3 Å². The van der Waals surface area contributed by atoms with Crippen LogP contribution in [0.4, 0.5) is 5.69 Å². The molecule has 0 saturated heterocycles. The van der Waals surface area contributed by atoms with Crippen LogP contribution in [-0.2, 0) is 11.2 Å². The molecule has 0 heterocycles. The van der Waals surface area contributed by atoms with Crippen LogP contribution >= 0.6 is 0 Å². The molecule has 17 heavy (non-hydrogen) atoms. The van der Waals surface area contributed by atoms with Crippen LogP contribution in [0.25, 0.3) is 0 Å². The molecule has 2 nitrogen and oxygen atoms in total. The van der Waals surface area contributed by atoms with Crippen molar-refractivity contribution in [2.45, 2.75) is 46.0 Å². The SMILES string of the molecule is CC(C)CCCC(=O)CCc1ccc(N)cc1. The third kappa shape index (κ3) is 6.10. The van der Waals surface area contributed by atoms with Gasteiger partial charge in [0.15, 0.2) is 0 Å². The molecule has 2 heteroatoms. The van der Waals surface area contributed by atoms with Crippen molar-refractivity contribution in [3.63, 3.8) is 0 Å². The van der Waals surface area contributed by atoms with Crippen LogP contribution < -0.4 is 5.73 Å². The fourth-order valence-corrected chi connectivity index (χ4v) is 1.80. The average molecular weight is 233 g/mol. The minimum absolute atomic E-state index is 0.377. The number of nitrogens with two attached hydrogens (primary N) is 1. The van der Waals surface area contributed by atoms with Gasteiger partial charge in [-0.05, 0) is 36.5 Å². The van der Waals surface area contributed by atoms with Gasteiger partial charge in [0.25, 0.3) is 0 Å². The highest BCUT2D eigenvalue weighted by molar-refractivity contribution is 5.78. The van der Waals surface area contributed by atoms with Crippen LogP contribution in [0.2, 0.25) is 0 Å². The molecule has 0 aromatic heterocycles. The van der Waals surface area contributed by atoms with E-state index in [2.05, 4.69) is 13.8 Å². The maximum absolute atomic E-state index is 11.6. The van der Waals surface area contributed by atoms with E-state index in [1.54, 1.807) is 0 Å². The van der Waals surface area contributed by atoms with Gasteiger partial charge in [-0.15, -0.1) is 0 Å². The monoisotopic (exact) mass is 233 g/mol. The molecule has 0 amide bonds. The first-order valence-electron chi connectivity index (χ1n) is 6.44. The number of benzene rings is 1. The molecule has 0 aliphatic rings. The van der Waals surface area contributed by atoms with Crippen molar-refractivity contribution in [2.24, 2.45) is 5.92 Å². The number of carbonyl (C=O) groups is 1. The molecular weight excluding hydrogens is 210 g/mol. The lowest BCUT2D eigenvalue weighted by atomic mass is 10.0. The number of hydrogen-bond donors (Lipinski definition) is 1. The lowest BCUT2D eigenvalue weighted by molar-refractivity contribution is -0.119. The highest BCUT2D eigenvalue weighted by atomic mass is 16.1. The minimum atomic E-state index is 0.377. The van der Waals surface area contributed by atoms with Gasteiger partial charge in [-0.2, -0.15) is 0 Å². The molecule has 0 aliphatic heterocycles. The van der Waals surface area contributed by atoms with Gasteiger partial charge in [0.2, 0.25) is 0 Å². The summed E-state index contributed by atoms with van der Waals surface area (Å²) in [5.74, 6) is 1.07. The number of hydrogen-bond acceptors (Lipinski definition) is 2. The quantitative estimate of drug-likeness (QED) is 0.731. The Bertz CT molecular complexity index is 340. The number of anilines is 1. The first-order valence-corrected chi connectivity index (χ1v) is 6.44. The molecule has 0 saturated carbocycles. The van der Waals surface area contributed by atoms with Gasteiger partial charge < -0.3 is 5.73 Å². The fraction of sp³-hybridized carbons (Fsp3) is 0.533. The van der Waals surface area contributed by atoms with Crippen molar-refractivity contribution in [1.82, 2.24) is 0 Å². The second-order valence-corrected chi connectivity index (χ2v) is 5.07. The molecule has 0 spiro atoms. The van der Waals surface area contributed by atoms with Crippen molar-refractivity contribution in [3.8, 4) is 0 Å². The first-order chi connectivity index (χ1) is 8.08. The molecule has 1 aromatic carbocycles. The smallest absolute Gasteiger partial charge is 0.133 e. The van der Waals surface area contributed by atoms with Gasteiger partial charge in [0.1, 0.15) is 5.78 Å². The van der Waals surface area contributed by atoms with Crippen LogP contribution in [0.1, 0.15) is 45.1 Å². The third-order valence-electron chi connectivity index (χ3n) is 2.91. The minimum Gasteiger partial charge on any atom is -0.399 e. The van der Waals surface area contributed by atoms with E-state index in [1.807, 2.05) is 24.3 Å². The summed E-state index contributed by atoms with van der Waals surface area (Å²) in [5, 5.41) is 0. The lowest BCUT2D eigenvalue weighted by Gasteiger charge is -2.04. The number of carbonyl (C=O) groups excluding carboxylic acids is 1. The van der Waals surface area contributed by atoms with Crippen molar-refractivity contribution in [2.75, 3.05) is 5.73 Å². The zero-order valence-corrected chi connectivity index (χ0v) is 10.9. The Morgan fingerprint density at radius 1 is 1.18 bits per heavy atom. The maximum Gasteiger partial charge on any atom is 0.133 e. The molecule has 0 atom stereocenters. The first kappa shape index (κ1) is 13.8. The van der Waals surface area contributed by atoms with E-state index in [1.165, 1.54) is 5.56 Å². The van der Waals surface area contributed by atoms with E-state index < -0.39 is 0 Å². The summed E-state index contributed by atoms with van der Waals surface area (Å²) in [6.07, 6.45) is 4.39. The van der Waals surface area contributed by atoms with E-state index in [-0.39, 0.29) is 0 Å². The molecule has 2 N–H and O–H groups in total. The summed E-state index contributed by atoms with van der Waals surface area (Å²) in [6, 6.07) is 7.77. The van der Waals surface area contributed by atoms with Crippen molar-refractivity contribution < 1.29 is 4.79 Å². The second kappa shape index (κ2) is 7.10. The molecule has 0 unspecified atom stereocenters. The maximum atomic E-state index is 11.6. The van der Waals surface area contributed by atoms with E-state index in [4.69, 9.17) is 5.73 Å². The zero-order chi connectivity index (χ0) is 12.7. The Morgan fingerprint density at radius 3 is 2.41 bits per heavy atom. The normalized spacial score (nSPS) is 10.8. The third-order valence-corrected chi connectivity index (χ3v) is 2.91. The van der Waals surface area contributed by atoms with Crippen molar-refractivity contribution in [1.29, 1.82) is 0 Å². The van der Waals surface area contributed by atoms with Crippen LogP contribution in [0.5, 0.6) is 0 Å². The predicted octanol–water partition coefficient (Wildman–Crippen LogP) is 3.60. The molecular formula is C15H23NO. The van der Waals surface area contributed by atoms with Crippen molar-refractivity contribution in [3.05, 3.63) is 29.8 Å². The Labute approximate surface area is 104 Å². The van der Waals surface area contributed by atoms with E-state index in [0.717, 1.165) is 31.4 Å². The standard InChI is InChI=1S/C15H23NO/c1-12(2)4-3-5-15(17)11-8-13-6-9-14(16)10-7-13/h6-7,9-10,12H,3-5,8,11,16H2,1-2H3. The topological polar surface area (TPSA) is 43.1 Å². The molecule has 0 fully saturated rings. The Balaban J connectivity index is 2.21. The summed E-state index contributed by atoms with van der Waals surface area (Å²) in [6.45, 7) is 4.39. The van der Waals surface area contributed by atoms with Gasteiger partial charge in [-0.1, -0.05) is 32.4 Å². The zero-order valence-electron chi connectivity index (χ0n) is 10.9. The summed E-state index contributed by atoms with van der Waals surface area (Å²) < 4.78 is 0. The number of Topliss-reactive ketones (excluding diaryl/α,β-unsaturated/α-hetero) is 1. The summed E-state index contributed by atoms with van der Waals surface area (Å²) in [7, 11) is 0. The van der Waals surface area contributed by atoms with Crippen LogP contribution in [0, 0.1) is 5.92 Å². The molecule has 1 aromatic rings. The van der Waals surface area contributed by atoms with E-state index in [9.17, 15) is 4.79 Å². The molecule has 0 radical (unpaired) electrons. The van der Waals surface area contributed by atoms with E-state index in [0.29, 0.717) is 18.1 Å². The molecule has 94 valence electrons. The average Bonchev–Trinajstić information content (AvgIpc) is 2.28. The number of nitrogen functional groups attached to an aromatic ring is 1. The van der Waals surface area contributed by atoms with Gasteiger partial charge in [-0.25, -0.2) is 0 Å². The van der Waals surface area contributed by atoms with Crippen LogP contribution in [-0.4, -0.2) is 5.78 Å². The highest BCUT2D eigenvalue weighted by Gasteiger charge is 2.03. The van der Waals surface area contributed by atoms with Crippen molar-refractivity contribution >= 4 is 11.5 Å². The summed E-state index contributed by atoms with van der Waals surface area (Å²) in [4.78, 5) is 11.6. The largest absolute Gasteiger partial charge is 0.399 e. The Morgan fingerprint density at radius 2 is 1.82 bits per heavy atom. The lowest BCUT2D eigenvalue weighted by Crippen LogP contribution is -2.01.